The van der Waals surface area contributed by atoms with E-state index in [4.69, 9.17) is 9.84 Å². The Morgan fingerprint density at radius 1 is 1.23 bits per heavy atom. The molecule has 1 aromatic rings. The van der Waals surface area contributed by atoms with E-state index in [1.807, 2.05) is 0 Å². The average Bonchev–Trinajstić information content (AvgIpc) is 2.64. The van der Waals surface area contributed by atoms with Gasteiger partial charge in [-0.25, -0.2) is 13.2 Å². The molecule has 26 heavy (non-hydrogen) atoms. The lowest BCUT2D eigenvalue weighted by molar-refractivity contribution is -0.132. The molecule has 0 saturated carbocycles. The van der Waals surface area contributed by atoms with Gasteiger partial charge in [-0.05, 0) is 17.7 Å². The summed E-state index contributed by atoms with van der Waals surface area (Å²) in [5.74, 6) is -2.06. The fourth-order valence-electron chi connectivity index (χ4n) is 2.40. The van der Waals surface area contributed by atoms with Crippen LogP contribution in [0.2, 0.25) is 0 Å². The van der Waals surface area contributed by atoms with Crippen molar-refractivity contribution in [3.05, 3.63) is 42.2 Å². The maximum Gasteiger partial charge on any atom is 0.328 e. The van der Waals surface area contributed by atoms with Gasteiger partial charge < -0.3 is 14.7 Å². The number of rotatable bonds is 8. The zero-order chi connectivity index (χ0) is 19.0. The number of carboxylic acids is 1. The number of ether oxygens (including phenoxy) is 1. The van der Waals surface area contributed by atoms with Gasteiger partial charge in [-0.1, -0.05) is 0 Å². The van der Waals surface area contributed by atoms with Crippen LogP contribution in [0.5, 0.6) is 0 Å². The van der Waals surface area contributed by atoms with Crippen molar-refractivity contribution in [1.29, 1.82) is 0 Å². The van der Waals surface area contributed by atoms with Crippen molar-refractivity contribution in [1.82, 2.24) is 14.2 Å². The normalized spacial score (nSPS) is 15.8. The second-order valence-electron chi connectivity index (χ2n) is 5.61. The minimum absolute atomic E-state index is 0.0508. The molecule has 0 aliphatic carbocycles. The maximum absolute atomic E-state index is 12.4. The number of nitrogens with zero attached hydrogens (tertiary/aromatic N) is 3. The van der Waals surface area contributed by atoms with Crippen molar-refractivity contribution in [3.63, 3.8) is 0 Å². The summed E-state index contributed by atoms with van der Waals surface area (Å²) >= 11 is 0. The van der Waals surface area contributed by atoms with Crippen LogP contribution >= 0.6 is 0 Å². The number of sulfonamides is 1. The number of amides is 1. The van der Waals surface area contributed by atoms with Crippen LogP contribution in [0.15, 0.2) is 36.7 Å². The summed E-state index contributed by atoms with van der Waals surface area (Å²) in [6.45, 7) is 1.38. The first-order valence-corrected chi connectivity index (χ1v) is 9.64. The van der Waals surface area contributed by atoms with E-state index in [9.17, 15) is 18.0 Å². The first-order chi connectivity index (χ1) is 12.4. The fourth-order valence-corrected chi connectivity index (χ4v) is 3.82. The van der Waals surface area contributed by atoms with Crippen molar-refractivity contribution in [2.75, 3.05) is 38.6 Å². The molecule has 1 amide bonds. The first-order valence-electron chi connectivity index (χ1n) is 8.03. The predicted octanol–water partition coefficient (Wildman–Crippen LogP) is -0.287. The minimum Gasteiger partial charge on any atom is -0.478 e. The summed E-state index contributed by atoms with van der Waals surface area (Å²) in [7, 11) is -3.53. The van der Waals surface area contributed by atoms with Crippen molar-refractivity contribution in [2.45, 2.75) is 6.54 Å². The van der Waals surface area contributed by atoms with Crippen LogP contribution < -0.4 is 0 Å². The van der Waals surface area contributed by atoms with Crippen LogP contribution in [-0.2, 0) is 30.9 Å². The van der Waals surface area contributed by atoms with E-state index in [1.54, 1.807) is 24.5 Å². The average molecular weight is 383 g/mol. The third-order valence-electron chi connectivity index (χ3n) is 3.79. The summed E-state index contributed by atoms with van der Waals surface area (Å²) in [4.78, 5) is 28.1. The summed E-state index contributed by atoms with van der Waals surface area (Å²) in [5, 5.41) is 8.68. The minimum atomic E-state index is -3.53. The zero-order valence-electron chi connectivity index (χ0n) is 14.2. The van der Waals surface area contributed by atoms with E-state index in [-0.39, 0.29) is 18.8 Å². The monoisotopic (exact) mass is 383 g/mol. The summed E-state index contributed by atoms with van der Waals surface area (Å²) in [6, 6.07) is 3.41. The third kappa shape index (κ3) is 6.21. The molecule has 1 aliphatic rings. The molecular formula is C16H21N3O6S. The van der Waals surface area contributed by atoms with Gasteiger partial charge in [0, 0.05) is 50.7 Å². The number of aromatic nitrogens is 1. The highest BCUT2D eigenvalue weighted by atomic mass is 32.2. The molecule has 0 bridgehead atoms. The SMILES string of the molecule is O=C(O)C=CC(=O)N(CCS(=O)(=O)N1CCOCC1)Cc1ccncc1. The molecule has 2 heterocycles. The Morgan fingerprint density at radius 2 is 1.88 bits per heavy atom. The Bertz CT molecular complexity index is 745. The molecular weight excluding hydrogens is 362 g/mol. The van der Waals surface area contributed by atoms with Crippen LogP contribution in [0.4, 0.5) is 0 Å². The smallest absolute Gasteiger partial charge is 0.328 e. The molecule has 0 aromatic carbocycles. The summed E-state index contributed by atoms with van der Waals surface area (Å²) < 4.78 is 31.4. The molecule has 0 radical (unpaired) electrons. The molecule has 1 fully saturated rings. The van der Waals surface area contributed by atoms with E-state index >= 15 is 0 Å². The number of hydrogen-bond acceptors (Lipinski definition) is 6. The van der Waals surface area contributed by atoms with Crippen LogP contribution in [0.3, 0.4) is 0 Å². The molecule has 142 valence electrons. The van der Waals surface area contributed by atoms with E-state index in [2.05, 4.69) is 4.98 Å². The van der Waals surface area contributed by atoms with E-state index in [1.165, 1.54) is 9.21 Å². The highest BCUT2D eigenvalue weighted by molar-refractivity contribution is 7.89. The lowest BCUT2D eigenvalue weighted by Gasteiger charge is -2.28. The predicted molar refractivity (Wildman–Crippen MR) is 92.6 cm³/mol. The largest absolute Gasteiger partial charge is 0.478 e. The number of carbonyl (C=O) groups excluding carboxylic acids is 1. The topological polar surface area (TPSA) is 117 Å². The van der Waals surface area contributed by atoms with Gasteiger partial charge in [0.1, 0.15) is 0 Å². The van der Waals surface area contributed by atoms with E-state index in [0.29, 0.717) is 26.3 Å². The van der Waals surface area contributed by atoms with Gasteiger partial charge in [0.05, 0.1) is 19.0 Å². The Hall–Kier alpha value is -2.30. The third-order valence-corrected chi connectivity index (χ3v) is 5.64. The van der Waals surface area contributed by atoms with E-state index < -0.39 is 21.9 Å². The van der Waals surface area contributed by atoms with Crippen molar-refractivity contribution in [3.8, 4) is 0 Å². The zero-order valence-corrected chi connectivity index (χ0v) is 15.0. The van der Waals surface area contributed by atoms with Gasteiger partial charge in [0.2, 0.25) is 15.9 Å². The Kier molecular flexibility index (Phi) is 7.25. The van der Waals surface area contributed by atoms with Crippen LogP contribution in [0.25, 0.3) is 0 Å². The second kappa shape index (κ2) is 9.41. The molecule has 0 unspecified atom stereocenters. The van der Waals surface area contributed by atoms with Crippen LogP contribution in [0.1, 0.15) is 5.56 Å². The standard InChI is InChI=1S/C16H21N3O6S/c20-15(1-2-16(21)22)18(13-14-3-5-17-6-4-14)9-12-26(23,24)19-7-10-25-11-8-19/h1-6H,7-13H2,(H,21,22). The Labute approximate surface area is 151 Å². The van der Waals surface area contributed by atoms with Gasteiger partial charge in [-0.3, -0.25) is 9.78 Å². The number of pyridine rings is 1. The van der Waals surface area contributed by atoms with Crippen LogP contribution in [-0.4, -0.2) is 78.2 Å². The van der Waals surface area contributed by atoms with E-state index in [0.717, 1.165) is 17.7 Å². The summed E-state index contributed by atoms with van der Waals surface area (Å²) in [5.41, 5.74) is 0.765. The van der Waals surface area contributed by atoms with Crippen LogP contribution in [0, 0.1) is 0 Å². The quantitative estimate of drug-likeness (QED) is 0.613. The molecule has 9 nitrogen and oxygen atoms in total. The fraction of sp³-hybridized carbons (Fsp3) is 0.438. The van der Waals surface area contributed by atoms with Gasteiger partial charge in [0.25, 0.3) is 0 Å². The molecule has 10 heteroatoms. The van der Waals surface area contributed by atoms with Gasteiger partial charge in [-0.2, -0.15) is 4.31 Å². The van der Waals surface area contributed by atoms with Crippen molar-refractivity contribution < 1.29 is 27.9 Å². The molecule has 1 saturated heterocycles. The molecule has 1 N–H and O–H groups in total. The molecule has 0 atom stereocenters. The molecule has 1 aliphatic heterocycles. The van der Waals surface area contributed by atoms with Gasteiger partial charge >= 0.3 is 5.97 Å². The maximum atomic E-state index is 12.4. The molecule has 0 spiro atoms. The Balaban J connectivity index is 2.07. The number of morpholine rings is 1. The van der Waals surface area contributed by atoms with Crippen molar-refractivity contribution >= 4 is 21.9 Å². The number of hydrogen-bond donors (Lipinski definition) is 1. The number of carbonyl (C=O) groups is 2. The molecule has 2 rings (SSSR count). The molecule has 1 aromatic heterocycles. The highest BCUT2D eigenvalue weighted by Gasteiger charge is 2.25. The lowest BCUT2D eigenvalue weighted by atomic mass is 10.2. The van der Waals surface area contributed by atoms with Crippen molar-refractivity contribution in [2.24, 2.45) is 0 Å². The first kappa shape index (κ1) is 20.0. The van der Waals surface area contributed by atoms with Gasteiger partial charge in [-0.15, -0.1) is 0 Å². The summed E-state index contributed by atoms with van der Waals surface area (Å²) in [6.07, 6.45) is 4.79. The van der Waals surface area contributed by atoms with Gasteiger partial charge in [0.15, 0.2) is 0 Å². The highest BCUT2D eigenvalue weighted by Crippen LogP contribution is 2.09. The second-order valence-corrected chi connectivity index (χ2v) is 7.70. The lowest BCUT2D eigenvalue weighted by Crippen LogP contribution is -2.44. The number of carboxylic acid groups (broad SMARTS) is 1. The number of aliphatic carboxylic acids is 1. The Morgan fingerprint density at radius 3 is 2.50 bits per heavy atom.